The van der Waals surface area contributed by atoms with Crippen LogP contribution < -0.4 is 15.8 Å². The van der Waals surface area contributed by atoms with Crippen molar-refractivity contribution in [3.05, 3.63) is 35.4 Å². The number of nitrogens with zero attached hydrogens (tertiary/aromatic N) is 2. The van der Waals surface area contributed by atoms with Crippen LogP contribution in [0.1, 0.15) is 68.4 Å². The van der Waals surface area contributed by atoms with E-state index in [1.165, 1.54) is 32.1 Å². The van der Waals surface area contributed by atoms with Crippen molar-refractivity contribution in [1.29, 1.82) is 5.26 Å². The van der Waals surface area contributed by atoms with Gasteiger partial charge in [0.05, 0.1) is 23.4 Å². The van der Waals surface area contributed by atoms with Crippen molar-refractivity contribution in [2.75, 3.05) is 25.4 Å². The SMILES string of the molecule is Cl.N#Cc1c(C2CCCNC2)cc(-c2c(O)cccc2OCCC2CCCCC2)nc1N. The molecule has 1 saturated heterocycles. The summed E-state index contributed by atoms with van der Waals surface area (Å²) in [5, 5.41) is 23.7. The zero-order valence-electron chi connectivity index (χ0n) is 18.5. The van der Waals surface area contributed by atoms with Crippen LogP contribution in [0.3, 0.4) is 0 Å². The lowest BCUT2D eigenvalue weighted by Crippen LogP contribution is -2.29. The monoisotopic (exact) mass is 456 g/mol. The van der Waals surface area contributed by atoms with E-state index in [-0.39, 0.29) is 29.9 Å². The molecular weight excluding hydrogens is 424 g/mol. The van der Waals surface area contributed by atoms with E-state index in [0.29, 0.717) is 29.2 Å². The summed E-state index contributed by atoms with van der Waals surface area (Å²) < 4.78 is 6.14. The van der Waals surface area contributed by atoms with Gasteiger partial charge in [-0.3, -0.25) is 0 Å². The number of nitrogen functional groups attached to an aromatic ring is 1. The van der Waals surface area contributed by atoms with Gasteiger partial charge in [0.15, 0.2) is 0 Å². The number of hydrogen-bond donors (Lipinski definition) is 3. The maximum absolute atomic E-state index is 10.7. The number of nitrogens with one attached hydrogen (secondary N) is 1. The molecule has 32 heavy (non-hydrogen) atoms. The largest absolute Gasteiger partial charge is 0.507 e. The molecule has 1 aromatic heterocycles. The Morgan fingerprint density at radius 1 is 1.19 bits per heavy atom. The van der Waals surface area contributed by atoms with E-state index in [1.54, 1.807) is 12.1 Å². The molecule has 7 heteroatoms. The van der Waals surface area contributed by atoms with Crippen LogP contribution in [0.15, 0.2) is 24.3 Å². The fraction of sp³-hybridized carbons (Fsp3) is 0.520. The molecule has 4 rings (SSSR count). The molecule has 1 unspecified atom stereocenters. The molecule has 4 N–H and O–H groups in total. The van der Waals surface area contributed by atoms with Crippen molar-refractivity contribution in [3.63, 3.8) is 0 Å². The van der Waals surface area contributed by atoms with Crippen LogP contribution in [0.4, 0.5) is 5.82 Å². The number of piperidine rings is 1. The average molecular weight is 457 g/mol. The maximum atomic E-state index is 10.7. The predicted molar refractivity (Wildman–Crippen MR) is 129 cm³/mol. The van der Waals surface area contributed by atoms with E-state index in [4.69, 9.17) is 10.5 Å². The molecule has 0 amide bonds. The molecule has 2 heterocycles. The van der Waals surface area contributed by atoms with Crippen molar-refractivity contribution in [3.8, 4) is 28.8 Å². The van der Waals surface area contributed by atoms with Gasteiger partial charge < -0.3 is 20.9 Å². The standard InChI is InChI=1S/C25H32N4O2.ClH/c26-15-20-19(18-8-5-12-28-16-18)14-21(29-25(20)27)24-22(30)9-4-10-23(24)31-13-11-17-6-2-1-3-7-17;/h4,9-10,14,17-18,28,30H,1-3,5-8,11-13,16H2,(H2,27,29);1H. The molecule has 1 aliphatic carbocycles. The number of benzene rings is 1. The molecule has 6 nitrogen and oxygen atoms in total. The maximum Gasteiger partial charge on any atom is 0.142 e. The van der Waals surface area contributed by atoms with Gasteiger partial charge in [0, 0.05) is 6.54 Å². The Kier molecular flexibility index (Phi) is 8.60. The molecule has 1 saturated carbocycles. The first-order valence-corrected chi connectivity index (χ1v) is 11.5. The van der Waals surface area contributed by atoms with Crippen molar-refractivity contribution < 1.29 is 9.84 Å². The van der Waals surface area contributed by atoms with Gasteiger partial charge in [-0.2, -0.15) is 5.26 Å². The Balaban J connectivity index is 0.00000289. The molecule has 1 aliphatic heterocycles. The number of nitriles is 1. The van der Waals surface area contributed by atoms with E-state index in [0.717, 1.165) is 43.8 Å². The van der Waals surface area contributed by atoms with Crippen LogP contribution >= 0.6 is 12.4 Å². The average Bonchev–Trinajstić information content (AvgIpc) is 2.80. The van der Waals surface area contributed by atoms with Crippen molar-refractivity contribution in [2.45, 2.75) is 57.3 Å². The smallest absolute Gasteiger partial charge is 0.142 e. The summed E-state index contributed by atoms with van der Waals surface area (Å²) in [6.45, 7) is 2.42. The van der Waals surface area contributed by atoms with Gasteiger partial charge in [0.1, 0.15) is 23.4 Å². The number of phenolic OH excluding ortho intramolecular Hbond substituents is 1. The van der Waals surface area contributed by atoms with Crippen molar-refractivity contribution in [1.82, 2.24) is 10.3 Å². The highest BCUT2D eigenvalue weighted by atomic mass is 35.5. The van der Waals surface area contributed by atoms with E-state index in [1.807, 2.05) is 12.1 Å². The third kappa shape index (κ3) is 5.46. The number of ether oxygens (including phenoxy) is 1. The van der Waals surface area contributed by atoms with Crippen LogP contribution in [0, 0.1) is 17.2 Å². The zero-order valence-corrected chi connectivity index (χ0v) is 19.3. The highest BCUT2D eigenvalue weighted by Gasteiger charge is 2.24. The molecule has 1 atom stereocenters. The number of aromatic nitrogens is 1. The fourth-order valence-corrected chi connectivity index (χ4v) is 4.98. The molecule has 0 bridgehead atoms. The van der Waals surface area contributed by atoms with E-state index in [9.17, 15) is 10.4 Å². The van der Waals surface area contributed by atoms with Crippen molar-refractivity contribution >= 4 is 18.2 Å². The Bertz CT molecular complexity index is 948. The second-order valence-electron chi connectivity index (χ2n) is 8.80. The Morgan fingerprint density at radius 3 is 2.72 bits per heavy atom. The van der Waals surface area contributed by atoms with Gasteiger partial charge in [-0.25, -0.2) is 4.98 Å². The first-order valence-electron chi connectivity index (χ1n) is 11.5. The Hall–Kier alpha value is -2.49. The first kappa shape index (κ1) is 24.2. The number of hydrogen-bond acceptors (Lipinski definition) is 6. The summed E-state index contributed by atoms with van der Waals surface area (Å²) in [6, 6.07) is 9.44. The number of halogens is 1. The van der Waals surface area contributed by atoms with Crippen LogP contribution in [-0.4, -0.2) is 29.8 Å². The normalized spacial score (nSPS) is 19.0. The molecule has 172 valence electrons. The topological polar surface area (TPSA) is 104 Å². The minimum Gasteiger partial charge on any atom is -0.507 e. The van der Waals surface area contributed by atoms with Crippen LogP contribution in [-0.2, 0) is 0 Å². The van der Waals surface area contributed by atoms with Crippen LogP contribution in [0.25, 0.3) is 11.3 Å². The van der Waals surface area contributed by atoms with Gasteiger partial charge in [0.25, 0.3) is 0 Å². The third-order valence-corrected chi connectivity index (χ3v) is 6.70. The van der Waals surface area contributed by atoms with Gasteiger partial charge >= 0.3 is 0 Å². The molecule has 2 aromatic rings. The summed E-state index contributed by atoms with van der Waals surface area (Å²) in [4.78, 5) is 4.48. The number of anilines is 1. The highest BCUT2D eigenvalue weighted by Crippen LogP contribution is 2.40. The van der Waals surface area contributed by atoms with Crippen LogP contribution in [0.5, 0.6) is 11.5 Å². The quantitative estimate of drug-likeness (QED) is 0.555. The van der Waals surface area contributed by atoms with E-state index < -0.39 is 0 Å². The van der Waals surface area contributed by atoms with Gasteiger partial charge in [-0.05, 0) is 61.4 Å². The predicted octanol–water partition coefficient (Wildman–Crippen LogP) is 5.15. The first-order chi connectivity index (χ1) is 15.2. The molecule has 0 spiro atoms. The molecule has 0 radical (unpaired) electrons. The summed E-state index contributed by atoms with van der Waals surface area (Å²) in [7, 11) is 0. The summed E-state index contributed by atoms with van der Waals surface area (Å²) in [5.74, 6) is 1.86. The lowest BCUT2D eigenvalue weighted by molar-refractivity contribution is 0.246. The number of aromatic hydroxyl groups is 1. The summed E-state index contributed by atoms with van der Waals surface area (Å²) in [6.07, 6.45) is 9.61. The van der Waals surface area contributed by atoms with Crippen LogP contribution in [0.2, 0.25) is 0 Å². The fourth-order valence-electron chi connectivity index (χ4n) is 4.98. The molecule has 2 fully saturated rings. The van der Waals surface area contributed by atoms with Gasteiger partial charge in [0.2, 0.25) is 0 Å². The number of rotatable bonds is 6. The lowest BCUT2D eigenvalue weighted by Gasteiger charge is -2.25. The number of pyridine rings is 1. The molecule has 1 aromatic carbocycles. The number of phenols is 1. The van der Waals surface area contributed by atoms with E-state index >= 15 is 0 Å². The Morgan fingerprint density at radius 2 is 2.00 bits per heavy atom. The summed E-state index contributed by atoms with van der Waals surface area (Å²) in [5.41, 5.74) is 8.64. The van der Waals surface area contributed by atoms with Gasteiger partial charge in [-0.15, -0.1) is 12.4 Å². The third-order valence-electron chi connectivity index (χ3n) is 6.70. The minimum atomic E-state index is 0. The second kappa shape index (κ2) is 11.4. The lowest BCUT2D eigenvalue weighted by atomic mass is 9.87. The summed E-state index contributed by atoms with van der Waals surface area (Å²) >= 11 is 0. The zero-order chi connectivity index (χ0) is 21.6. The van der Waals surface area contributed by atoms with Crippen molar-refractivity contribution in [2.24, 2.45) is 5.92 Å². The Labute approximate surface area is 196 Å². The highest BCUT2D eigenvalue weighted by molar-refractivity contribution is 5.85. The number of nitrogens with two attached hydrogens (primary N) is 1. The minimum absolute atomic E-state index is 0. The van der Waals surface area contributed by atoms with E-state index in [2.05, 4.69) is 16.4 Å². The second-order valence-corrected chi connectivity index (χ2v) is 8.80. The molecule has 2 aliphatic rings. The van der Waals surface area contributed by atoms with Gasteiger partial charge in [-0.1, -0.05) is 38.2 Å². The molecular formula is C25H33ClN4O2.